The van der Waals surface area contributed by atoms with Gasteiger partial charge in [-0.2, -0.15) is 0 Å². The first-order valence-corrected chi connectivity index (χ1v) is 4.74. The summed E-state index contributed by atoms with van der Waals surface area (Å²) in [4.78, 5) is 0. The van der Waals surface area contributed by atoms with Gasteiger partial charge in [0.2, 0.25) is 0 Å². The minimum absolute atomic E-state index is 0.150. The van der Waals surface area contributed by atoms with Crippen molar-refractivity contribution in [3.63, 3.8) is 0 Å². The molecule has 2 rings (SSSR count). The van der Waals surface area contributed by atoms with E-state index in [0.29, 0.717) is 12.0 Å². The molecule has 2 heteroatoms. The second-order valence-corrected chi connectivity index (χ2v) is 3.79. The van der Waals surface area contributed by atoms with Crippen LogP contribution in [0.2, 0.25) is 0 Å². The summed E-state index contributed by atoms with van der Waals surface area (Å²) in [7, 11) is 0. The molecule has 13 heavy (non-hydrogen) atoms. The van der Waals surface area contributed by atoms with Crippen LogP contribution in [0, 0.1) is 5.82 Å². The first-order chi connectivity index (χ1) is 6.25. The zero-order valence-corrected chi connectivity index (χ0v) is 7.76. The van der Waals surface area contributed by atoms with Gasteiger partial charge in [0.25, 0.3) is 0 Å². The molecule has 0 aliphatic carbocycles. The Bertz CT molecular complexity index is 281. The number of halogens is 1. The van der Waals surface area contributed by atoms with Crippen LogP contribution in [0.4, 0.5) is 4.39 Å². The van der Waals surface area contributed by atoms with Crippen molar-refractivity contribution in [2.24, 2.45) is 0 Å². The first-order valence-electron chi connectivity index (χ1n) is 4.74. The van der Waals surface area contributed by atoms with Crippen LogP contribution in [0.15, 0.2) is 24.3 Å². The second kappa shape index (κ2) is 3.46. The van der Waals surface area contributed by atoms with E-state index >= 15 is 0 Å². The van der Waals surface area contributed by atoms with E-state index in [9.17, 15) is 4.39 Å². The molecule has 70 valence electrons. The van der Waals surface area contributed by atoms with E-state index in [0.717, 1.165) is 13.0 Å². The summed E-state index contributed by atoms with van der Waals surface area (Å²) in [6.45, 7) is 3.20. The van der Waals surface area contributed by atoms with Crippen LogP contribution < -0.4 is 5.32 Å². The van der Waals surface area contributed by atoms with Crippen molar-refractivity contribution >= 4 is 0 Å². The summed E-state index contributed by atoms with van der Waals surface area (Å²) in [5.41, 5.74) is 1.25. The summed E-state index contributed by atoms with van der Waals surface area (Å²) >= 11 is 0. The molecule has 1 heterocycles. The maximum atomic E-state index is 12.6. The normalized spacial score (nSPS) is 27.8. The van der Waals surface area contributed by atoms with Gasteiger partial charge in [0.1, 0.15) is 5.82 Å². The summed E-state index contributed by atoms with van der Waals surface area (Å²) in [5, 5.41) is 3.39. The molecule has 1 aromatic carbocycles. The van der Waals surface area contributed by atoms with Crippen LogP contribution in [0.3, 0.4) is 0 Å². The smallest absolute Gasteiger partial charge is 0.123 e. The monoisotopic (exact) mass is 179 g/mol. The van der Waals surface area contributed by atoms with Crippen molar-refractivity contribution < 1.29 is 4.39 Å². The van der Waals surface area contributed by atoms with Crippen LogP contribution in [-0.4, -0.2) is 12.6 Å². The minimum atomic E-state index is -0.150. The Labute approximate surface area is 78.0 Å². The highest BCUT2D eigenvalue weighted by molar-refractivity contribution is 5.22. The highest BCUT2D eigenvalue weighted by atomic mass is 19.1. The van der Waals surface area contributed by atoms with Crippen LogP contribution in [0.5, 0.6) is 0 Å². The average molecular weight is 179 g/mol. The van der Waals surface area contributed by atoms with Gasteiger partial charge in [-0.3, -0.25) is 0 Å². The number of nitrogens with one attached hydrogen (secondary N) is 1. The average Bonchev–Trinajstić information content (AvgIpc) is 2.53. The highest BCUT2D eigenvalue weighted by Gasteiger charge is 2.21. The van der Waals surface area contributed by atoms with Crippen LogP contribution >= 0.6 is 0 Å². The Morgan fingerprint density at radius 2 is 2.00 bits per heavy atom. The third kappa shape index (κ3) is 1.89. The SMILES string of the molecule is C[C@@H]1C[C@@H](c2ccc(F)cc2)CN1. The third-order valence-corrected chi connectivity index (χ3v) is 2.69. The molecule has 0 unspecified atom stereocenters. The highest BCUT2D eigenvalue weighted by Crippen LogP contribution is 2.25. The molecule has 0 saturated carbocycles. The van der Waals surface area contributed by atoms with Crippen molar-refractivity contribution in [1.82, 2.24) is 5.32 Å². The van der Waals surface area contributed by atoms with Crippen molar-refractivity contribution in [3.05, 3.63) is 35.6 Å². The van der Waals surface area contributed by atoms with Gasteiger partial charge < -0.3 is 5.32 Å². The Morgan fingerprint density at radius 3 is 2.54 bits per heavy atom. The molecular formula is C11H14FN. The Balaban J connectivity index is 2.13. The number of rotatable bonds is 1. The lowest BCUT2D eigenvalue weighted by molar-refractivity contribution is 0.624. The molecule has 2 atom stereocenters. The topological polar surface area (TPSA) is 12.0 Å². The summed E-state index contributed by atoms with van der Waals surface area (Å²) in [5.74, 6) is 0.415. The van der Waals surface area contributed by atoms with Crippen LogP contribution in [-0.2, 0) is 0 Å². The maximum absolute atomic E-state index is 12.6. The molecule has 0 amide bonds. The van der Waals surface area contributed by atoms with Crippen molar-refractivity contribution in [2.45, 2.75) is 25.3 Å². The molecular weight excluding hydrogens is 165 g/mol. The lowest BCUT2D eigenvalue weighted by atomic mass is 9.97. The molecule has 1 aromatic rings. The van der Waals surface area contributed by atoms with Gasteiger partial charge in [-0.25, -0.2) is 4.39 Å². The summed E-state index contributed by atoms with van der Waals surface area (Å²) in [6.07, 6.45) is 1.16. The van der Waals surface area contributed by atoms with E-state index in [4.69, 9.17) is 0 Å². The van der Waals surface area contributed by atoms with E-state index in [2.05, 4.69) is 12.2 Å². The molecule has 1 aliphatic rings. The molecule has 1 fully saturated rings. The molecule has 1 nitrogen and oxygen atoms in total. The van der Waals surface area contributed by atoms with Crippen molar-refractivity contribution in [2.75, 3.05) is 6.54 Å². The van der Waals surface area contributed by atoms with Gasteiger partial charge in [0.05, 0.1) is 0 Å². The van der Waals surface area contributed by atoms with E-state index < -0.39 is 0 Å². The van der Waals surface area contributed by atoms with Gasteiger partial charge in [0, 0.05) is 12.6 Å². The van der Waals surface area contributed by atoms with Gasteiger partial charge >= 0.3 is 0 Å². The zero-order chi connectivity index (χ0) is 9.26. The van der Waals surface area contributed by atoms with Crippen molar-refractivity contribution in [3.8, 4) is 0 Å². The molecule has 0 spiro atoms. The summed E-state index contributed by atoms with van der Waals surface area (Å²) < 4.78 is 12.6. The predicted octanol–water partition coefficient (Wildman–Crippen LogP) is 2.29. The second-order valence-electron chi connectivity index (χ2n) is 3.79. The van der Waals surface area contributed by atoms with Gasteiger partial charge in [0.15, 0.2) is 0 Å². The fourth-order valence-electron chi connectivity index (χ4n) is 1.93. The summed E-state index contributed by atoms with van der Waals surface area (Å²) in [6, 6.07) is 7.45. The molecule has 0 bridgehead atoms. The lowest BCUT2D eigenvalue weighted by Crippen LogP contribution is -2.16. The van der Waals surface area contributed by atoms with Crippen molar-refractivity contribution in [1.29, 1.82) is 0 Å². The quantitative estimate of drug-likeness (QED) is 0.697. The van der Waals surface area contributed by atoms with Crippen LogP contribution in [0.1, 0.15) is 24.8 Å². The van der Waals surface area contributed by atoms with Gasteiger partial charge in [-0.15, -0.1) is 0 Å². The van der Waals surface area contributed by atoms with Gasteiger partial charge in [-0.1, -0.05) is 12.1 Å². The number of hydrogen-bond donors (Lipinski definition) is 1. The third-order valence-electron chi connectivity index (χ3n) is 2.69. The minimum Gasteiger partial charge on any atom is -0.314 e. The first kappa shape index (κ1) is 8.70. The van der Waals surface area contributed by atoms with Gasteiger partial charge in [-0.05, 0) is 37.0 Å². The Kier molecular flexibility index (Phi) is 2.32. The zero-order valence-electron chi connectivity index (χ0n) is 7.76. The predicted molar refractivity (Wildman–Crippen MR) is 51.2 cm³/mol. The largest absolute Gasteiger partial charge is 0.314 e. The number of hydrogen-bond acceptors (Lipinski definition) is 1. The van der Waals surface area contributed by atoms with E-state index in [-0.39, 0.29) is 5.82 Å². The van der Waals surface area contributed by atoms with E-state index in [1.165, 1.54) is 5.56 Å². The fourth-order valence-corrected chi connectivity index (χ4v) is 1.93. The molecule has 0 radical (unpaired) electrons. The standard InChI is InChI=1S/C11H14FN/c1-8-6-10(7-13-8)9-2-4-11(12)5-3-9/h2-5,8,10,13H,6-7H2,1H3/t8-,10-/m1/s1. The maximum Gasteiger partial charge on any atom is 0.123 e. The fraction of sp³-hybridized carbons (Fsp3) is 0.455. The van der Waals surface area contributed by atoms with Crippen LogP contribution in [0.25, 0.3) is 0 Å². The van der Waals surface area contributed by atoms with E-state index in [1.807, 2.05) is 12.1 Å². The number of benzene rings is 1. The molecule has 1 aliphatic heterocycles. The molecule has 0 aromatic heterocycles. The molecule has 1 N–H and O–H groups in total. The Hall–Kier alpha value is -0.890. The molecule has 1 saturated heterocycles. The Morgan fingerprint density at radius 1 is 1.31 bits per heavy atom. The lowest BCUT2D eigenvalue weighted by Gasteiger charge is -2.07. The van der Waals surface area contributed by atoms with E-state index in [1.54, 1.807) is 12.1 Å².